The molecule has 1 heterocycles. The summed E-state index contributed by atoms with van der Waals surface area (Å²) < 4.78 is 28.2. The number of carbonyl (C=O) groups excluding carboxylic acids is 1. The minimum absolute atomic E-state index is 0.0716. The summed E-state index contributed by atoms with van der Waals surface area (Å²) in [5.41, 5.74) is 5.34. The van der Waals surface area contributed by atoms with Crippen LogP contribution >= 0.6 is 0 Å². The van der Waals surface area contributed by atoms with Crippen LogP contribution < -0.4 is 34.3 Å². The van der Waals surface area contributed by atoms with E-state index in [0.29, 0.717) is 48.2 Å². The van der Waals surface area contributed by atoms with E-state index >= 15 is 0 Å². The zero-order valence-corrected chi connectivity index (χ0v) is 23.6. The molecule has 0 spiro atoms. The maximum absolute atomic E-state index is 14.0. The molecule has 8 nitrogen and oxygen atoms in total. The Balaban J connectivity index is 1.58. The quantitative estimate of drug-likeness (QED) is 0.316. The minimum Gasteiger partial charge on any atom is -0.493 e. The van der Waals surface area contributed by atoms with Crippen molar-refractivity contribution in [2.24, 2.45) is 0 Å². The number of fused-ring (bicyclic) bond motifs is 1. The van der Waals surface area contributed by atoms with Crippen molar-refractivity contribution in [1.29, 1.82) is 0 Å². The molecule has 3 aromatic rings. The summed E-state index contributed by atoms with van der Waals surface area (Å²) in [4.78, 5) is 14.0. The monoisotopic (exact) mass is 544 g/mol. The first-order valence-corrected chi connectivity index (χ1v) is 13.5. The van der Waals surface area contributed by atoms with Gasteiger partial charge in [-0.1, -0.05) is 25.1 Å². The fraction of sp³-hybridized carbons (Fsp3) is 0.344. The lowest BCUT2D eigenvalue weighted by atomic mass is 9.78. The second kappa shape index (κ2) is 11.8. The van der Waals surface area contributed by atoms with Crippen LogP contribution in [-0.4, -0.2) is 40.8 Å². The zero-order chi connectivity index (χ0) is 28.2. The smallest absolute Gasteiger partial charge is 0.203 e. The van der Waals surface area contributed by atoms with E-state index < -0.39 is 0 Å². The highest BCUT2D eigenvalue weighted by Gasteiger charge is 2.37. The number of anilines is 2. The Morgan fingerprint density at radius 3 is 2.10 bits per heavy atom. The number of hydrogen-bond acceptors (Lipinski definition) is 8. The van der Waals surface area contributed by atoms with Gasteiger partial charge in [0.25, 0.3) is 0 Å². The van der Waals surface area contributed by atoms with Gasteiger partial charge in [-0.25, -0.2) is 0 Å². The molecule has 0 radical (unpaired) electrons. The fourth-order valence-electron chi connectivity index (χ4n) is 5.51. The van der Waals surface area contributed by atoms with Gasteiger partial charge in [0.2, 0.25) is 5.75 Å². The number of rotatable bonds is 9. The van der Waals surface area contributed by atoms with Crippen LogP contribution in [0.1, 0.15) is 49.3 Å². The second-order valence-corrected chi connectivity index (χ2v) is 9.89. The van der Waals surface area contributed by atoms with Gasteiger partial charge in [-0.2, -0.15) is 0 Å². The summed E-state index contributed by atoms with van der Waals surface area (Å²) in [5.74, 6) is 2.99. The Kier molecular flexibility index (Phi) is 8.05. The highest BCUT2D eigenvalue weighted by molar-refractivity contribution is 6.01. The van der Waals surface area contributed by atoms with Crippen molar-refractivity contribution >= 4 is 17.2 Å². The van der Waals surface area contributed by atoms with Gasteiger partial charge in [-0.05, 0) is 66.3 Å². The van der Waals surface area contributed by atoms with E-state index in [1.165, 1.54) is 0 Å². The lowest BCUT2D eigenvalue weighted by Crippen LogP contribution is -2.27. The average molecular weight is 545 g/mol. The van der Waals surface area contributed by atoms with Gasteiger partial charge < -0.3 is 34.3 Å². The molecule has 0 saturated carbocycles. The Bertz CT molecular complexity index is 1410. The number of methoxy groups -OCH3 is 4. The second-order valence-electron chi connectivity index (χ2n) is 9.89. The minimum atomic E-state index is -0.367. The molecule has 0 aromatic heterocycles. The predicted octanol–water partition coefficient (Wildman–Crippen LogP) is 6.49. The van der Waals surface area contributed by atoms with E-state index in [2.05, 4.69) is 17.6 Å². The molecule has 3 aromatic carbocycles. The highest BCUT2D eigenvalue weighted by atomic mass is 16.5. The summed E-state index contributed by atoms with van der Waals surface area (Å²) in [6.07, 6.45) is 1.89. The molecular weight excluding hydrogens is 508 g/mol. The largest absolute Gasteiger partial charge is 0.493 e. The van der Waals surface area contributed by atoms with E-state index in [9.17, 15) is 4.79 Å². The van der Waals surface area contributed by atoms with Crippen LogP contribution in [-0.2, 0) is 4.79 Å². The SMILES string of the molecule is CCCOc1ccc(C2Nc3ccccc3NC3=C2C(=O)CC(c2cc(OC)c(OC)c(OC)c2)C3)cc1OC. The normalized spacial score (nSPS) is 18.0. The number of hydrogen-bond donors (Lipinski definition) is 2. The van der Waals surface area contributed by atoms with Crippen LogP contribution in [0, 0.1) is 0 Å². The Morgan fingerprint density at radius 2 is 1.45 bits per heavy atom. The lowest BCUT2D eigenvalue weighted by Gasteiger charge is -2.30. The molecule has 0 fully saturated rings. The number of ether oxygens (including phenoxy) is 5. The standard InChI is InChI=1S/C32H36N2O6/c1-6-13-40-26-12-11-19(16-27(26)36-2)31-30-24(33-22-9-7-8-10-23(22)34-31)14-20(15-25(30)35)21-17-28(37-3)32(39-5)29(18-21)38-4/h7-12,16-18,20,31,33-34H,6,13-15H2,1-5H3. The van der Waals surface area contributed by atoms with Crippen molar-refractivity contribution in [2.45, 2.75) is 38.1 Å². The van der Waals surface area contributed by atoms with Crippen molar-refractivity contribution in [3.8, 4) is 28.7 Å². The third-order valence-electron chi connectivity index (χ3n) is 7.45. The number of ketones is 1. The molecule has 2 atom stereocenters. The first kappa shape index (κ1) is 27.2. The van der Waals surface area contributed by atoms with Gasteiger partial charge in [0.15, 0.2) is 28.8 Å². The molecule has 5 rings (SSSR count). The Hall–Kier alpha value is -4.33. The van der Waals surface area contributed by atoms with E-state index in [0.717, 1.165) is 40.2 Å². The summed E-state index contributed by atoms with van der Waals surface area (Å²) in [5, 5.41) is 7.22. The molecule has 40 heavy (non-hydrogen) atoms. The molecule has 0 bridgehead atoms. The number of carbonyl (C=O) groups is 1. The maximum atomic E-state index is 14.0. The molecule has 0 amide bonds. The van der Waals surface area contributed by atoms with Gasteiger partial charge >= 0.3 is 0 Å². The molecule has 2 unspecified atom stereocenters. The van der Waals surface area contributed by atoms with Crippen LogP contribution in [0.15, 0.2) is 65.9 Å². The van der Waals surface area contributed by atoms with Crippen molar-refractivity contribution in [2.75, 3.05) is 45.7 Å². The molecule has 210 valence electrons. The molecule has 2 N–H and O–H groups in total. The van der Waals surface area contributed by atoms with E-state index in [1.807, 2.05) is 54.6 Å². The summed E-state index contributed by atoms with van der Waals surface area (Å²) >= 11 is 0. The van der Waals surface area contributed by atoms with Gasteiger partial charge in [0.1, 0.15) is 0 Å². The first-order chi connectivity index (χ1) is 19.5. The average Bonchev–Trinajstić information content (AvgIpc) is 3.16. The van der Waals surface area contributed by atoms with Crippen LogP contribution in [0.2, 0.25) is 0 Å². The highest BCUT2D eigenvalue weighted by Crippen LogP contribution is 2.47. The zero-order valence-electron chi connectivity index (χ0n) is 23.6. The summed E-state index contributed by atoms with van der Waals surface area (Å²) in [6, 6.07) is 17.4. The van der Waals surface area contributed by atoms with E-state index in [-0.39, 0.29) is 17.7 Å². The number of nitrogens with one attached hydrogen (secondary N) is 2. The van der Waals surface area contributed by atoms with Gasteiger partial charge in [-0.15, -0.1) is 0 Å². The van der Waals surface area contributed by atoms with Crippen LogP contribution in [0.4, 0.5) is 11.4 Å². The number of Topliss-reactive ketones (excluding diaryl/α,β-unsaturated/α-hetero) is 1. The first-order valence-electron chi connectivity index (χ1n) is 13.5. The number of benzene rings is 3. The molecule has 1 aliphatic heterocycles. The van der Waals surface area contributed by atoms with Crippen molar-refractivity contribution in [3.63, 3.8) is 0 Å². The van der Waals surface area contributed by atoms with Gasteiger partial charge in [-0.3, -0.25) is 4.79 Å². The maximum Gasteiger partial charge on any atom is 0.203 e. The van der Waals surface area contributed by atoms with Crippen molar-refractivity contribution in [3.05, 3.63) is 77.0 Å². The van der Waals surface area contributed by atoms with E-state index in [1.54, 1.807) is 28.4 Å². The van der Waals surface area contributed by atoms with Gasteiger partial charge in [0.05, 0.1) is 52.5 Å². The molecule has 8 heteroatoms. The molecule has 2 aliphatic rings. The Labute approximate surface area is 235 Å². The van der Waals surface area contributed by atoms with Crippen molar-refractivity contribution in [1.82, 2.24) is 0 Å². The van der Waals surface area contributed by atoms with Gasteiger partial charge in [0, 0.05) is 17.7 Å². The summed E-state index contributed by atoms with van der Waals surface area (Å²) in [6.45, 7) is 2.67. The lowest BCUT2D eigenvalue weighted by molar-refractivity contribution is -0.116. The third kappa shape index (κ3) is 5.13. The predicted molar refractivity (Wildman–Crippen MR) is 155 cm³/mol. The van der Waals surface area contributed by atoms with Crippen LogP contribution in [0.25, 0.3) is 0 Å². The number of para-hydroxylation sites is 2. The molecule has 0 saturated heterocycles. The molecular formula is C32H36N2O6. The molecule has 1 aliphatic carbocycles. The van der Waals surface area contributed by atoms with Crippen LogP contribution in [0.3, 0.4) is 0 Å². The third-order valence-corrected chi connectivity index (χ3v) is 7.45. The Morgan fingerprint density at radius 1 is 0.775 bits per heavy atom. The topological polar surface area (TPSA) is 87.3 Å². The fourth-order valence-corrected chi connectivity index (χ4v) is 5.51. The van der Waals surface area contributed by atoms with Crippen LogP contribution in [0.5, 0.6) is 28.7 Å². The van der Waals surface area contributed by atoms with Crippen molar-refractivity contribution < 1.29 is 28.5 Å². The number of allylic oxidation sites excluding steroid dienone is 1. The van der Waals surface area contributed by atoms with E-state index in [4.69, 9.17) is 23.7 Å². The summed E-state index contributed by atoms with van der Waals surface area (Å²) in [7, 11) is 6.41.